The Morgan fingerprint density at radius 1 is 1.05 bits per heavy atom. The molecule has 0 fully saturated rings. The number of allylic oxidation sites excluding steroid dienone is 1. The molecule has 0 saturated heterocycles. The van der Waals surface area contributed by atoms with Crippen molar-refractivity contribution in [3.8, 4) is 0 Å². The van der Waals surface area contributed by atoms with Gasteiger partial charge in [0, 0.05) is 13.0 Å². The first-order chi connectivity index (χ1) is 19.4. The predicted octanol–water partition coefficient (Wildman–Crippen LogP) is 0.287. The van der Waals surface area contributed by atoms with Crippen molar-refractivity contribution < 1.29 is 24.0 Å². The van der Waals surface area contributed by atoms with E-state index in [1.165, 1.54) is 0 Å². The van der Waals surface area contributed by atoms with E-state index in [9.17, 15) is 24.0 Å². The van der Waals surface area contributed by atoms with E-state index < -0.39 is 47.8 Å². The van der Waals surface area contributed by atoms with Crippen molar-refractivity contribution in [1.82, 2.24) is 26.6 Å². The van der Waals surface area contributed by atoms with E-state index in [1.54, 1.807) is 13.8 Å². The molecule has 13 nitrogen and oxygen atoms in total. The van der Waals surface area contributed by atoms with Crippen LogP contribution in [-0.2, 0) is 24.0 Å². The van der Waals surface area contributed by atoms with Crippen molar-refractivity contribution in [1.29, 1.82) is 5.41 Å². The van der Waals surface area contributed by atoms with Gasteiger partial charge in [-0.25, -0.2) is 0 Å². The van der Waals surface area contributed by atoms with Gasteiger partial charge in [0.25, 0.3) is 0 Å². The Morgan fingerprint density at radius 2 is 1.76 bits per heavy atom. The van der Waals surface area contributed by atoms with E-state index in [2.05, 4.69) is 26.6 Å². The van der Waals surface area contributed by atoms with E-state index in [-0.39, 0.29) is 43.1 Å². The lowest BCUT2D eigenvalue weighted by molar-refractivity contribution is -0.135. The number of guanidine groups is 1. The molecule has 0 aromatic carbocycles. The molecule has 10 N–H and O–H groups in total. The predicted molar refractivity (Wildman–Crippen MR) is 157 cm³/mol. The van der Waals surface area contributed by atoms with Gasteiger partial charge in [-0.2, -0.15) is 0 Å². The third-order valence-electron chi connectivity index (χ3n) is 7.15. The molecule has 1 aliphatic rings. The molecular weight excluding hydrogens is 528 g/mol. The second-order valence-corrected chi connectivity index (χ2v) is 11.0. The number of primary amides is 1. The summed E-state index contributed by atoms with van der Waals surface area (Å²) >= 11 is 0. The molecule has 0 radical (unpaired) electrons. The molecule has 0 aromatic rings. The van der Waals surface area contributed by atoms with Crippen LogP contribution in [0.5, 0.6) is 0 Å². The van der Waals surface area contributed by atoms with Crippen LogP contribution in [0, 0.1) is 17.2 Å². The van der Waals surface area contributed by atoms with Gasteiger partial charge in [-0.15, -0.1) is 0 Å². The number of carbonyl (C=O) groups is 5. The number of hydrogen-bond donors (Lipinski definition) is 8. The van der Waals surface area contributed by atoms with E-state index in [0.717, 1.165) is 25.7 Å². The van der Waals surface area contributed by atoms with E-state index >= 15 is 0 Å². The van der Waals surface area contributed by atoms with Crippen LogP contribution in [0.15, 0.2) is 12.2 Å². The summed E-state index contributed by atoms with van der Waals surface area (Å²) in [6.45, 7) is 7.55. The fourth-order valence-corrected chi connectivity index (χ4v) is 4.41. The van der Waals surface area contributed by atoms with E-state index in [4.69, 9.17) is 16.9 Å². The zero-order valence-electron chi connectivity index (χ0n) is 24.9. The number of carbonyl (C=O) groups excluding carboxylic acids is 5. The highest BCUT2D eigenvalue weighted by Crippen LogP contribution is 2.12. The SMILES string of the molecule is CC[C@@H](C)[C@@H]1NC(=O)CCCCC/C=C/C[C@@H](C(=O)N[C@@H](CCCNC(=N)N)C(=O)N[C@H](C(N)=O)C(C)C)NC1=O. The third kappa shape index (κ3) is 13.5. The Balaban J connectivity index is 3.19. The second-order valence-electron chi connectivity index (χ2n) is 11.0. The first kappa shape index (κ1) is 35.4. The molecular formula is C28H50N8O5. The molecule has 0 bridgehead atoms. The van der Waals surface area contributed by atoms with Crippen molar-refractivity contribution in [2.45, 2.75) is 110 Å². The molecule has 0 saturated carbocycles. The lowest BCUT2D eigenvalue weighted by atomic mass is 9.97. The fourth-order valence-electron chi connectivity index (χ4n) is 4.41. The van der Waals surface area contributed by atoms with Crippen LogP contribution in [-0.4, -0.2) is 66.2 Å². The van der Waals surface area contributed by atoms with Gasteiger partial charge in [0.1, 0.15) is 24.2 Å². The van der Waals surface area contributed by atoms with Crippen LogP contribution < -0.4 is 38.1 Å². The maximum atomic E-state index is 13.5. The number of hydrogen-bond acceptors (Lipinski definition) is 6. The highest BCUT2D eigenvalue weighted by Gasteiger charge is 2.32. The number of rotatable bonds is 12. The van der Waals surface area contributed by atoms with Crippen molar-refractivity contribution in [3.05, 3.63) is 12.2 Å². The monoisotopic (exact) mass is 578 g/mol. The number of nitrogens with one attached hydrogen (secondary N) is 6. The van der Waals surface area contributed by atoms with Gasteiger partial charge in [-0.05, 0) is 50.4 Å². The highest BCUT2D eigenvalue weighted by molar-refractivity contribution is 5.95. The first-order valence-electron chi connectivity index (χ1n) is 14.6. The van der Waals surface area contributed by atoms with Crippen molar-refractivity contribution >= 4 is 35.5 Å². The molecule has 0 unspecified atom stereocenters. The van der Waals surface area contributed by atoms with E-state index in [0.29, 0.717) is 19.3 Å². The van der Waals surface area contributed by atoms with Crippen molar-refractivity contribution in [3.63, 3.8) is 0 Å². The quantitative estimate of drug-likeness (QED) is 0.0699. The molecule has 5 amide bonds. The minimum absolute atomic E-state index is 0.167. The molecule has 0 spiro atoms. The highest BCUT2D eigenvalue weighted by atomic mass is 16.2. The minimum atomic E-state index is -1.05. The molecule has 1 heterocycles. The zero-order chi connectivity index (χ0) is 30.9. The Morgan fingerprint density at radius 3 is 2.37 bits per heavy atom. The van der Waals surface area contributed by atoms with Gasteiger partial charge in [-0.3, -0.25) is 29.4 Å². The first-order valence-corrected chi connectivity index (χ1v) is 14.6. The molecule has 0 aliphatic carbocycles. The summed E-state index contributed by atoms with van der Waals surface area (Å²) in [5.41, 5.74) is 10.8. The van der Waals surface area contributed by atoms with E-state index in [1.807, 2.05) is 26.0 Å². The number of nitrogens with two attached hydrogens (primary N) is 2. The van der Waals surface area contributed by atoms with Crippen LogP contribution in [0.25, 0.3) is 0 Å². The lowest BCUT2D eigenvalue weighted by Crippen LogP contribution is -2.59. The van der Waals surface area contributed by atoms with Crippen LogP contribution in [0.2, 0.25) is 0 Å². The molecule has 232 valence electrons. The molecule has 13 heteroatoms. The third-order valence-corrected chi connectivity index (χ3v) is 7.15. The minimum Gasteiger partial charge on any atom is -0.370 e. The summed E-state index contributed by atoms with van der Waals surface area (Å²) in [4.78, 5) is 64.5. The van der Waals surface area contributed by atoms with Crippen LogP contribution >= 0.6 is 0 Å². The van der Waals surface area contributed by atoms with Gasteiger partial charge in [-0.1, -0.05) is 52.7 Å². The molecule has 5 atom stereocenters. The van der Waals surface area contributed by atoms with Gasteiger partial charge in [0.2, 0.25) is 29.5 Å². The second kappa shape index (κ2) is 18.7. The standard InChI is InChI=1S/C28H50N8O5/c1-5-18(4)23-27(41)34-19(13-10-8-6-7-9-11-15-21(37)35-23)25(39)33-20(14-12-16-32-28(30)31)26(40)36-22(17(2)3)24(29)38/h8,10,17-20,22-23H,5-7,9,11-16H2,1-4H3,(H2,29,38)(H,33,39)(H,34,41)(H,35,37)(H,36,40)(H4,30,31,32)/b10-8+/t18-,19+,20+,22+,23+/m1/s1. The Bertz CT molecular complexity index is 938. The number of amides is 5. The molecule has 41 heavy (non-hydrogen) atoms. The topological polar surface area (TPSA) is 221 Å². The maximum absolute atomic E-state index is 13.5. The maximum Gasteiger partial charge on any atom is 0.243 e. The fraction of sp³-hybridized carbons (Fsp3) is 0.714. The molecule has 1 aliphatic heterocycles. The average Bonchev–Trinajstić information content (AvgIpc) is 2.90. The summed E-state index contributed by atoms with van der Waals surface area (Å²) in [6, 6.07) is -3.80. The molecule has 1 rings (SSSR count). The van der Waals surface area contributed by atoms with Crippen LogP contribution in [0.4, 0.5) is 0 Å². The Hall–Kier alpha value is -3.64. The van der Waals surface area contributed by atoms with Gasteiger partial charge >= 0.3 is 0 Å². The van der Waals surface area contributed by atoms with Crippen LogP contribution in [0.1, 0.15) is 85.5 Å². The summed E-state index contributed by atoms with van der Waals surface area (Å²) < 4.78 is 0. The summed E-state index contributed by atoms with van der Waals surface area (Å²) in [5.74, 6) is -3.21. The smallest absolute Gasteiger partial charge is 0.243 e. The van der Waals surface area contributed by atoms with Crippen LogP contribution in [0.3, 0.4) is 0 Å². The van der Waals surface area contributed by atoms with Crippen molar-refractivity contribution in [2.24, 2.45) is 23.3 Å². The normalized spacial score (nSPS) is 21.7. The Kier molecular flexibility index (Phi) is 16.1. The largest absolute Gasteiger partial charge is 0.370 e. The summed E-state index contributed by atoms with van der Waals surface area (Å²) in [7, 11) is 0. The Labute approximate surface area is 243 Å². The van der Waals surface area contributed by atoms with Crippen molar-refractivity contribution in [2.75, 3.05) is 6.54 Å². The van der Waals surface area contributed by atoms with Gasteiger partial charge < -0.3 is 38.1 Å². The summed E-state index contributed by atoms with van der Waals surface area (Å²) in [5, 5.41) is 20.9. The van der Waals surface area contributed by atoms with Gasteiger partial charge in [0.15, 0.2) is 5.96 Å². The zero-order valence-corrected chi connectivity index (χ0v) is 24.9. The van der Waals surface area contributed by atoms with Gasteiger partial charge in [0.05, 0.1) is 0 Å². The lowest BCUT2D eigenvalue weighted by Gasteiger charge is -2.28. The molecule has 0 aromatic heterocycles. The average molecular weight is 579 g/mol. The summed E-state index contributed by atoms with van der Waals surface area (Å²) in [6.07, 6.45) is 8.76.